The van der Waals surface area contributed by atoms with Crippen LogP contribution in [0.25, 0.3) is 0 Å². The average Bonchev–Trinajstić information content (AvgIpc) is 2.59. The summed E-state index contributed by atoms with van der Waals surface area (Å²) >= 11 is 0. The summed E-state index contributed by atoms with van der Waals surface area (Å²) in [5.74, 6) is -0.107. The first-order chi connectivity index (χ1) is 5.12. The molecule has 1 aliphatic carbocycles. The standard InChI is InChI=1S/C7H9FN2O/c1-10-6(11)4-5(9-10)7(8)2-3-7/h2-4H2,1H3. The third-order valence-electron chi connectivity index (χ3n) is 2.16. The van der Waals surface area contributed by atoms with Crippen molar-refractivity contribution in [1.29, 1.82) is 0 Å². The van der Waals surface area contributed by atoms with Crippen LogP contribution in [-0.4, -0.2) is 29.3 Å². The van der Waals surface area contributed by atoms with E-state index >= 15 is 0 Å². The highest BCUT2D eigenvalue weighted by Gasteiger charge is 2.50. The van der Waals surface area contributed by atoms with Gasteiger partial charge in [0.15, 0.2) is 5.67 Å². The molecule has 0 saturated heterocycles. The van der Waals surface area contributed by atoms with E-state index in [0.717, 1.165) is 0 Å². The normalized spacial score (nSPS) is 27.3. The number of nitrogens with zero attached hydrogens (tertiary/aromatic N) is 2. The number of rotatable bonds is 1. The van der Waals surface area contributed by atoms with Crippen LogP contribution < -0.4 is 0 Å². The first-order valence-corrected chi connectivity index (χ1v) is 3.65. The predicted molar refractivity (Wildman–Crippen MR) is 37.9 cm³/mol. The van der Waals surface area contributed by atoms with E-state index in [2.05, 4.69) is 5.10 Å². The van der Waals surface area contributed by atoms with Crippen molar-refractivity contribution in [2.24, 2.45) is 5.10 Å². The molecular weight excluding hydrogens is 147 g/mol. The van der Waals surface area contributed by atoms with Crippen LogP contribution in [0.15, 0.2) is 5.10 Å². The van der Waals surface area contributed by atoms with Crippen molar-refractivity contribution in [3.05, 3.63) is 0 Å². The van der Waals surface area contributed by atoms with Gasteiger partial charge in [0.25, 0.3) is 0 Å². The molecule has 0 bridgehead atoms. The Balaban J connectivity index is 2.18. The number of halogens is 1. The van der Waals surface area contributed by atoms with Gasteiger partial charge in [-0.05, 0) is 12.8 Å². The largest absolute Gasteiger partial charge is 0.273 e. The molecular formula is C7H9FN2O. The highest BCUT2D eigenvalue weighted by molar-refractivity contribution is 6.10. The Morgan fingerprint density at radius 1 is 1.64 bits per heavy atom. The quantitative estimate of drug-likeness (QED) is 0.550. The Morgan fingerprint density at radius 3 is 2.64 bits per heavy atom. The molecule has 1 saturated carbocycles. The molecule has 1 fully saturated rings. The molecule has 0 aromatic rings. The number of carbonyl (C=O) groups excluding carboxylic acids is 1. The molecule has 0 N–H and O–H groups in total. The van der Waals surface area contributed by atoms with E-state index in [0.29, 0.717) is 18.6 Å². The molecule has 3 nitrogen and oxygen atoms in total. The molecule has 4 heteroatoms. The Morgan fingerprint density at radius 2 is 2.27 bits per heavy atom. The third kappa shape index (κ3) is 0.931. The summed E-state index contributed by atoms with van der Waals surface area (Å²) in [7, 11) is 1.56. The lowest BCUT2D eigenvalue weighted by atomic mass is 10.1. The van der Waals surface area contributed by atoms with Gasteiger partial charge in [-0.25, -0.2) is 9.40 Å². The third-order valence-corrected chi connectivity index (χ3v) is 2.16. The number of hydrogen-bond donors (Lipinski definition) is 0. The fraction of sp³-hybridized carbons (Fsp3) is 0.714. The fourth-order valence-corrected chi connectivity index (χ4v) is 1.18. The van der Waals surface area contributed by atoms with Gasteiger partial charge < -0.3 is 0 Å². The summed E-state index contributed by atoms with van der Waals surface area (Å²) in [6.45, 7) is 0. The zero-order valence-electron chi connectivity index (χ0n) is 6.30. The van der Waals surface area contributed by atoms with E-state index < -0.39 is 5.67 Å². The van der Waals surface area contributed by atoms with Gasteiger partial charge in [-0.2, -0.15) is 5.10 Å². The summed E-state index contributed by atoms with van der Waals surface area (Å²) in [4.78, 5) is 10.9. The highest BCUT2D eigenvalue weighted by atomic mass is 19.1. The average molecular weight is 156 g/mol. The van der Waals surface area contributed by atoms with E-state index in [1.54, 1.807) is 7.05 Å². The van der Waals surface area contributed by atoms with Crippen LogP contribution in [0.3, 0.4) is 0 Å². The molecule has 0 radical (unpaired) electrons. The molecule has 0 atom stereocenters. The first-order valence-electron chi connectivity index (χ1n) is 3.65. The lowest BCUT2D eigenvalue weighted by Crippen LogP contribution is -2.16. The van der Waals surface area contributed by atoms with Crippen molar-refractivity contribution in [2.75, 3.05) is 7.05 Å². The summed E-state index contributed by atoms with van der Waals surface area (Å²) < 4.78 is 13.2. The number of carbonyl (C=O) groups is 1. The monoisotopic (exact) mass is 156 g/mol. The Hall–Kier alpha value is -0.930. The minimum atomic E-state index is -1.22. The maximum Gasteiger partial charge on any atom is 0.248 e. The summed E-state index contributed by atoms with van der Waals surface area (Å²) in [6.07, 6.45) is 1.24. The van der Waals surface area contributed by atoms with Crippen molar-refractivity contribution < 1.29 is 9.18 Å². The molecule has 0 spiro atoms. The molecule has 2 rings (SSSR count). The van der Waals surface area contributed by atoms with Crippen LogP contribution in [-0.2, 0) is 4.79 Å². The Kier molecular flexibility index (Phi) is 1.11. The second-order valence-electron chi connectivity index (χ2n) is 3.11. The van der Waals surface area contributed by atoms with Crippen LogP contribution >= 0.6 is 0 Å². The van der Waals surface area contributed by atoms with Gasteiger partial charge >= 0.3 is 0 Å². The molecule has 2 aliphatic rings. The van der Waals surface area contributed by atoms with Crippen molar-refractivity contribution in [1.82, 2.24) is 5.01 Å². The van der Waals surface area contributed by atoms with Gasteiger partial charge in [-0.15, -0.1) is 0 Å². The molecule has 1 heterocycles. The summed E-state index contributed by atoms with van der Waals surface area (Å²) in [5.41, 5.74) is -0.801. The molecule has 0 aromatic carbocycles. The topological polar surface area (TPSA) is 32.7 Å². The van der Waals surface area contributed by atoms with Crippen LogP contribution in [0.4, 0.5) is 4.39 Å². The fourth-order valence-electron chi connectivity index (χ4n) is 1.18. The van der Waals surface area contributed by atoms with Gasteiger partial charge in [0, 0.05) is 7.05 Å². The van der Waals surface area contributed by atoms with Crippen LogP contribution in [0.2, 0.25) is 0 Å². The zero-order chi connectivity index (χ0) is 8.06. The first kappa shape index (κ1) is 6.76. The van der Waals surface area contributed by atoms with E-state index in [1.165, 1.54) is 5.01 Å². The lowest BCUT2D eigenvalue weighted by Gasteiger charge is -2.00. The smallest absolute Gasteiger partial charge is 0.248 e. The molecule has 0 unspecified atom stereocenters. The number of alkyl halides is 1. The van der Waals surface area contributed by atoms with Gasteiger partial charge in [-0.1, -0.05) is 0 Å². The van der Waals surface area contributed by atoms with Crippen LogP contribution in [0.5, 0.6) is 0 Å². The molecule has 0 aromatic heterocycles. The number of amides is 1. The second-order valence-corrected chi connectivity index (χ2v) is 3.11. The van der Waals surface area contributed by atoms with E-state index in [9.17, 15) is 9.18 Å². The van der Waals surface area contributed by atoms with Crippen molar-refractivity contribution >= 4 is 11.6 Å². The number of hydrazone groups is 1. The van der Waals surface area contributed by atoms with Crippen molar-refractivity contribution in [3.8, 4) is 0 Å². The molecule has 60 valence electrons. The van der Waals surface area contributed by atoms with E-state index in [-0.39, 0.29) is 12.3 Å². The zero-order valence-corrected chi connectivity index (χ0v) is 6.30. The maximum atomic E-state index is 13.2. The maximum absolute atomic E-state index is 13.2. The second kappa shape index (κ2) is 1.81. The van der Waals surface area contributed by atoms with E-state index in [1.807, 2.05) is 0 Å². The van der Waals surface area contributed by atoms with Gasteiger partial charge in [0.05, 0.1) is 12.1 Å². The molecule has 1 amide bonds. The van der Waals surface area contributed by atoms with Crippen molar-refractivity contribution in [3.63, 3.8) is 0 Å². The van der Waals surface area contributed by atoms with Gasteiger partial charge in [0.1, 0.15) is 0 Å². The molecule has 11 heavy (non-hydrogen) atoms. The summed E-state index contributed by atoms with van der Waals surface area (Å²) in [6, 6.07) is 0. The van der Waals surface area contributed by atoms with Gasteiger partial charge in [0.2, 0.25) is 5.91 Å². The Bertz CT molecular complexity index is 245. The van der Waals surface area contributed by atoms with Crippen LogP contribution in [0, 0.1) is 0 Å². The summed E-state index contributed by atoms with van der Waals surface area (Å²) in [5, 5.41) is 5.05. The van der Waals surface area contributed by atoms with Gasteiger partial charge in [-0.3, -0.25) is 4.79 Å². The predicted octanol–water partition coefficient (Wildman–Crippen LogP) is 0.707. The SMILES string of the molecule is CN1N=C(C2(F)CC2)CC1=O. The highest BCUT2D eigenvalue weighted by Crippen LogP contribution is 2.43. The minimum absolute atomic E-state index is 0.107. The van der Waals surface area contributed by atoms with E-state index in [4.69, 9.17) is 0 Å². The van der Waals surface area contributed by atoms with Crippen molar-refractivity contribution in [2.45, 2.75) is 24.9 Å². The number of hydrogen-bond acceptors (Lipinski definition) is 2. The van der Waals surface area contributed by atoms with Crippen LogP contribution in [0.1, 0.15) is 19.3 Å². The minimum Gasteiger partial charge on any atom is -0.273 e. The lowest BCUT2D eigenvalue weighted by molar-refractivity contribution is -0.127. The Labute approximate surface area is 63.9 Å². The molecule has 1 aliphatic heterocycles.